The van der Waals surface area contributed by atoms with Crippen molar-refractivity contribution in [3.63, 3.8) is 0 Å². The van der Waals surface area contributed by atoms with Gasteiger partial charge in [-0.25, -0.2) is 4.99 Å². The lowest BCUT2D eigenvalue weighted by molar-refractivity contribution is 1.35. The molecular formula is C16H12N2S2. The molecule has 2 aromatic rings. The van der Waals surface area contributed by atoms with Crippen LogP contribution in [-0.2, 0) is 5.75 Å². The van der Waals surface area contributed by atoms with Gasteiger partial charge in [-0.1, -0.05) is 30.3 Å². The topological polar surface area (TPSA) is 36.1 Å². The Labute approximate surface area is 126 Å². The maximum absolute atomic E-state index is 9.09. The van der Waals surface area contributed by atoms with Gasteiger partial charge >= 0.3 is 0 Å². The first-order chi connectivity index (χ1) is 9.86. The number of aliphatic imine (C=N–C) groups is 1. The average Bonchev–Trinajstić information content (AvgIpc) is 2.53. The van der Waals surface area contributed by atoms with Gasteiger partial charge in [0.05, 0.1) is 22.4 Å². The van der Waals surface area contributed by atoms with Crippen molar-refractivity contribution >= 4 is 34.3 Å². The van der Waals surface area contributed by atoms with E-state index in [4.69, 9.17) is 10.3 Å². The van der Waals surface area contributed by atoms with E-state index in [1.807, 2.05) is 54.2 Å². The van der Waals surface area contributed by atoms with Gasteiger partial charge in [-0.05, 0) is 23.8 Å². The molecule has 1 aliphatic heterocycles. The summed E-state index contributed by atoms with van der Waals surface area (Å²) in [7, 11) is 0. The summed E-state index contributed by atoms with van der Waals surface area (Å²) in [6.45, 7) is 0. The van der Waals surface area contributed by atoms with Gasteiger partial charge in [-0.3, -0.25) is 0 Å². The van der Waals surface area contributed by atoms with Gasteiger partial charge < -0.3 is 0 Å². The summed E-state index contributed by atoms with van der Waals surface area (Å²) < 4.78 is 0. The van der Waals surface area contributed by atoms with E-state index in [0.717, 1.165) is 33.4 Å². The van der Waals surface area contributed by atoms with Crippen LogP contribution in [0.25, 0.3) is 0 Å². The van der Waals surface area contributed by atoms with Gasteiger partial charge in [0, 0.05) is 16.4 Å². The molecule has 0 N–H and O–H groups in total. The van der Waals surface area contributed by atoms with Crippen molar-refractivity contribution in [1.29, 1.82) is 5.26 Å². The molecule has 2 aromatic carbocycles. The van der Waals surface area contributed by atoms with Crippen LogP contribution >= 0.6 is 23.5 Å². The Balaban J connectivity index is 1.74. The van der Waals surface area contributed by atoms with Gasteiger partial charge in [0.25, 0.3) is 0 Å². The molecule has 0 spiro atoms. The maximum Gasteiger partial charge on any atom is 0.0994 e. The van der Waals surface area contributed by atoms with Crippen LogP contribution in [-0.4, -0.2) is 10.8 Å². The average molecular weight is 296 g/mol. The molecule has 0 aromatic heterocycles. The third-order valence-electron chi connectivity index (χ3n) is 2.99. The Morgan fingerprint density at radius 3 is 2.85 bits per heavy atom. The number of thioether (sulfide) groups is 2. The van der Waals surface area contributed by atoms with Crippen molar-refractivity contribution in [2.75, 3.05) is 5.75 Å². The van der Waals surface area contributed by atoms with Crippen LogP contribution in [0.5, 0.6) is 0 Å². The Hall–Kier alpha value is -1.70. The molecule has 3 rings (SSSR count). The van der Waals surface area contributed by atoms with E-state index >= 15 is 0 Å². The van der Waals surface area contributed by atoms with Crippen molar-refractivity contribution < 1.29 is 0 Å². The van der Waals surface area contributed by atoms with Crippen molar-refractivity contribution in [2.24, 2.45) is 4.99 Å². The summed E-state index contributed by atoms with van der Waals surface area (Å²) >= 11 is 3.55. The number of benzene rings is 2. The predicted molar refractivity (Wildman–Crippen MR) is 86.7 cm³/mol. The molecule has 1 heterocycles. The molecule has 0 amide bonds. The third kappa shape index (κ3) is 2.90. The van der Waals surface area contributed by atoms with Crippen molar-refractivity contribution in [3.05, 3.63) is 59.7 Å². The highest BCUT2D eigenvalue weighted by atomic mass is 32.2. The van der Waals surface area contributed by atoms with Crippen LogP contribution in [0.15, 0.2) is 58.4 Å². The number of nitrogens with zero attached hydrogens (tertiary/aromatic N) is 2. The molecule has 0 atom stereocenters. The molecule has 2 nitrogen and oxygen atoms in total. The standard InChI is InChI=1S/C16H12N2S2/c17-9-12-5-1-2-6-13(12)10-20-16-11-19-15-8-4-3-7-14(15)18-16/h1-8H,10-11H2. The van der Waals surface area contributed by atoms with Crippen molar-refractivity contribution in [3.8, 4) is 6.07 Å². The second kappa shape index (κ2) is 6.17. The Morgan fingerprint density at radius 2 is 1.95 bits per heavy atom. The van der Waals surface area contributed by atoms with Gasteiger partial charge in [0.1, 0.15) is 0 Å². The monoisotopic (exact) mass is 296 g/mol. The van der Waals surface area contributed by atoms with E-state index in [9.17, 15) is 0 Å². The molecule has 0 saturated heterocycles. The number of nitriles is 1. The zero-order chi connectivity index (χ0) is 13.8. The summed E-state index contributed by atoms with van der Waals surface area (Å²) in [6, 6.07) is 18.2. The predicted octanol–water partition coefficient (Wildman–Crippen LogP) is 4.63. The molecule has 4 heteroatoms. The molecule has 0 fully saturated rings. The lowest BCUT2D eigenvalue weighted by Crippen LogP contribution is -2.02. The first kappa shape index (κ1) is 13.3. The Morgan fingerprint density at radius 1 is 1.15 bits per heavy atom. The van der Waals surface area contributed by atoms with Crippen molar-refractivity contribution in [2.45, 2.75) is 10.6 Å². The fourth-order valence-corrected chi connectivity index (χ4v) is 3.99. The second-order valence-electron chi connectivity index (χ2n) is 4.32. The lowest BCUT2D eigenvalue weighted by atomic mass is 10.1. The van der Waals surface area contributed by atoms with Crippen LogP contribution < -0.4 is 0 Å². The Kier molecular flexibility index (Phi) is 4.10. The van der Waals surface area contributed by atoms with Crippen LogP contribution in [0.1, 0.15) is 11.1 Å². The molecular weight excluding hydrogens is 284 g/mol. The van der Waals surface area contributed by atoms with E-state index in [2.05, 4.69) is 12.1 Å². The van der Waals surface area contributed by atoms with E-state index in [0.29, 0.717) is 0 Å². The minimum atomic E-state index is 0.754. The first-order valence-corrected chi connectivity index (χ1v) is 8.24. The summed E-state index contributed by atoms with van der Waals surface area (Å²) in [5, 5.41) is 10.2. The maximum atomic E-state index is 9.09. The van der Waals surface area contributed by atoms with Crippen molar-refractivity contribution in [1.82, 2.24) is 0 Å². The molecule has 98 valence electrons. The molecule has 20 heavy (non-hydrogen) atoms. The highest BCUT2D eigenvalue weighted by Crippen LogP contribution is 2.36. The third-order valence-corrected chi connectivity index (χ3v) is 5.27. The normalized spacial score (nSPS) is 13.2. The highest BCUT2D eigenvalue weighted by Gasteiger charge is 2.13. The summed E-state index contributed by atoms with van der Waals surface area (Å²) in [5.41, 5.74) is 2.89. The zero-order valence-electron chi connectivity index (χ0n) is 10.7. The number of para-hydroxylation sites is 1. The molecule has 0 bridgehead atoms. The van der Waals surface area contributed by atoms with Gasteiger partial charge in [0.15, 0.2) is 0 Å². The quantitative estimate of drug-likeness (QED) is 0.810. The molecule has 0 aliphatic carbocycles. The lowest BCUT2D eigenvalue weighted by Gasteiger charge is -2.14. The summed E-state index contributed by atoms with van der Waals surface area (Å²) in [6.07, 6.45) is 0. The Bertz CT molecular complexity index is 702. The molecule has 1 aliphatic rings. The number of rotatable bonds is 2. The van der Waals surface area contributed by atoms with E-state index in [1.54, 1.807) is 11.8 Å². The van der Waals surface area contributed by atoms with Gasteiger partial charge in [-0.2, -0.15) is 5.26 Å². The fourth-order valence-electron chi connectivity index (χ4n) is 1.97. The summed E-state index contributed by atoms with van der Waals surface area (Å²) in [5.74, 6) is 1.71. The largest absolute Gasteiger partial charge is 0.245 e. The molecule has 0 saturated carbocycles. The number of hydrogen-bond acceptors (Lipinski definition) is 4. The zero-order valence-corrected chi connectivity index (χ0v) is 12.4. The minimum Gasteiger partial charge on any atom is -0.245 e. The number of hydrogen-bond donors (Lipinski definition) is 0. The number of fused-ring (bicyclic) bond motifs is 1. The smallest absolute Gasteiger partial charge is 0.0994 e. The van der Waals surface area contributed by atoms with Crippen LogP contribution in [0.4, 0.5) is 5.69 Å². The second-order valence-corrected chi connectivity index (χ2v) is 6.39. The van der Waals surface area contributed by atoms with Crippen LogP contribution in [0.2, 0.25) is 0 Å². The van der Waals surface area contributed by atoms with Gasteiger partial charge in [0.2, 0.25) is 0 Å². The SMILES string of the molecule is N#Cc1ccccc1CSC1=Nc2ccccc2SC1. The van der Waals surface area contributed by atoms with Crippen LogP contribution in [0.3, 0.4) is 0 Å². The van der Waals surface area contributed by atoms with E-state index in [-0.39, 0.29) is 0 Å². The van der Waals surface area contributed by atoms with Gasteiger partial charge in [-0.15, -0.1) is 23.5 Å². The van der Waals surface area contributed by atoms with E-state index in [1.165, 1.54) is 4.90 Å². The fraction of sp³-hybridized carbons (Fsp3) is 0.125. The van der Waals surface area contributed by atoms with E-state index < -0.39 is 0 Å². The highest BCUT2D eigenvalue weighted by molar-refractivity contribution is 8.15. The molecule has 0 unspecified atom stereocenters. The molecule has 0 radical (unpaired) electrons. The minimum absolute atomic E-state index is 0.754. The van der Waals surface area contributed by atoms with Crippen LogP contribution in [0, 0.1) is 11.3 Å². The first-order valence-electron chi connectivity index (χ1n) is 6.27. The summed E-state index contributed by atoms with van der Waals surface area (Å²) in [4.78, 5) is 5.94.